The zero-order valence-electron chi connectivity index (χ0n) is 6.14. The van der Waals surface area contributed by atoms with Gasteiger partial charge in [-0.05, 0) is 6.07 Å². The topological polar surface area (TPSA) is 63.6 Å². The third-order valence-electron chi connectivity index (χ3n) is 1.46. The molecule has 0 aliphatic heterocycles. The van der Waals surface area contributed by atoms with E-state index in [1.54, 1.807) is 18.5 Å². The Balaban J connectivity index is 2.34. The minimum Gasteiger partial charge on any atom is -0.285 e. The quantitative estimate of drug-likeness (QED) is 0.655. The maximum Gasteiger partial charge on any atom is 0.281 e. The summed E-state index contributed by atoms with van der Waals surface area (Å²) in [5, 5.41) is 10.0. The van der Waals surface area contributed by atoms with E-state index in [1.807, 2.05) is 0 Å². The zero-order valence-corrected chi connectivity index (χ0v) is 6.14. The number of H-pyrrole nitrogens is 1. The van der Waals surface area contributed by atoms with Crippen LogP contribution in [0.2, 0.25) is 0 Å². The van der Waals surface area contributed by atoms with Gasteiger partial charge in [0.15, 0.2) is 0 Å². The van der Waals surface area contributed by atoms with Gasteiger partial charge in [-0.15, -0.1) is 0 Å². The Morgan fingerprint density at radius 3 is 3.08 bits per heavy atom. The summed E-state index contributed by atoms with van der Waals surface area (Å²) in [4.78, 5) is 11.4. The van der Waals surface area contributed by atoms with Crippen molar-refractivity contribution in [3.05, 3.63) is 36.4 Å². The van der Waals surface area contributed by atoms with Crippen molar-refractivity contribution >= 4 is 5.91 Å². The molecule has 5 nitrogen and oxygen atoms in total. The number of carbonyl (C=O) groups excluding carboxylic acids is 1. The number of carbonyl (C=O) groups is 1. The summed E-state index contributed by atoms with van der Waals surface area (Å²) in [5.41, 5.74) is 0.499. The first kappa shape index (κ1) is 6.78. The van der Waals surface area contributed by atoms with Gasteiger partial charge < -0.3 is 0 Å². The molecule has 0 aromatic carbocycles. The molecule has 0 atom stereocenters. The van der Waals surface area contributed by atoms with Gasteiger partial charge in [0.25, 0.3) is 5.91 Å². The molecule has 0 spiro atoms. The Kier molecular flexibility index (Phi) is 1.48. The van der Waals surface area contributed by atoms with E-state index < -0.39 is 0 Å². The minimum atomic E-state index is -0.186. The average molecular weight is 162 g/mol. The molecule has 5 heteroatoms. The molecule has 2 heterocycles. The van der Waals surface area contributed by atoms with Crippen LogP contribution in [0.3, 0.4) is 0 Å². The molecular weight excluding hydrogens is 156 g/mol. The van der Waals surface area contributed by atoms with Crippen molar-refractivity contribution in [2.45, 2.75) is 0 Å². The molecule has 12 heavy (non-hydrogen) atoms. The van der Waals surface area contributed by atoms with Gasteiger partial charge in [-0.3, -0.25) is 9.89 Å². The van der Waals surface area contributed by atoms with E-state index in [2.05, 4.69) is 15.3 Å². The highest BCUT2D eigenvalue weighted by Crippen LogP contribution is 1.97. The third-order valence-corrected chi connectivity index (χ3v) is 1.46. The molecule has 0 fully saturated rings. The van der Waals surface area contributed by atoms with Crippen LogP contribution in [-0.4, -0.2) is 25.9 Å². The van der Waals surface area contributed by atoms with Crippen molar-refractivity contribution in [3.8, 4) is 0 Å². The van der Waals surface area contributed by atoms with Gasteiger partial charge in [0.05, 0.1) is 11.8 Å². The van der Waals surface area contributed by atoms with Gasteiger partial charge in [-0.1, -0.05) is 0 Å². The third kappa shape index (κ3) is 1.01. The first-order valence-corrected chi connectivity index (χ1v) is 3.41. The molecule has 0 unspecified atom stereocenters. The summed E-state index contributed by atoms with van der Waals surface area (Å²) in [6, 6.07) is 1.69. The van der Waals surface area contributed by atoms with Crippen molar-refractivity contribution in [3.63, 3.8) is 0 Å². The highest BCUT2D eigenvalue weighted by atomic mass is 16.2. The van der Waals surface area contributed by atoms with Crippen LogP contribution in [0.1, 0.15) is 10.4 Å². The van der Waals surface area contributed by atoms with Gasteiger partial charge in [0.2, 0.25) is 0 Å². The van der Waals surface area contributed by atoms with E-state index in [0.29, 0.717) is 5.56 Å². The predicted octanol–water partition coefficient (Wildman–Crippen LogP) is 0.295. The molecule has 60 valence electrons. The van der Waals surface area contributed by atoms with E-state index in [4.69, 9.17) is 0 Å². The van der Waals surface area contributed by atoms with E-state index in [-0.39, 0.29) is 5.91 Å². The summed E-state index contributed by atoms with van der Waals surface area (Å²) in [7, 11) is 0. The van der Waals surface area contributed by atoms with Crippen molar-refractivity contribution in [1.82, 2.24) is 20.0 Å². The Hall–Kier alpha value is -1.91. The van der Waals surface area contributed by atoms with Crippen LogP contribution in [0.5, 0.6) is 0 Å². The Labute approximate surface area is 68.0 Å². The minimum absolute atomic E-state index is 0.186. The molecule has 0 amide bonds. The Morgan fingerprint density at radius 2 is 2.50 bits per heavy atom. The zero-order chi connectivity index (χ0) is 8.39. The van der Waals surface area contributed by atoms with Crippen LogP contribution < -0.4 is 0 Å². The number of hydrogen-bond donors (Lipinski definition) is 1. The Morgan fingerprint density at radius 1 is 1.58 bits per heavy atom. The lowest BCUT2D eigenvalue weighted by Crippen LogP contribution is -2.11. The first-order chi connectivity index (χ1) is 5.88. The number of rotatable bonds is 1. The fourth-order valence-electron chi connectivity index (χ4n) is 0.889. The number of nitrogens with one attached hydrogen (secondary N) is 1. The number of nitrogens with zero attached hydrogens (tertiary/aromatic N) is 3. The van der Waals surface area contributed by atoms with Gasteiger partial charge in [0, 0.05) is 18.6 Å². The van der Waals surface area contributed by atoms with Crippen LogP contribution in [0.25, 0.3) is 0 Å². The van der Waals surface area contributed by atoms with Crippen molar-refractivity contribution in [2.24, 2.45) is 0 Å². The second kappa shape index (κ2) is 2.61. The maximum atomic E-state index is 11.4. The smallest absolute Gasteiger partial charge is 0.281 e. The molecule has 0 saturated heterocycles. The monoisotopic (exact) mass is 162 g/mol. The lowest BCUT2D eigenvalue weighted by atomic mass is 10.3. The second-order valence-corrected chi connectivity index (χ2v) is 2.24. The van der Waals surface area contributed by atoms with Crippen LogP contribution in [-0.2, 0) is 0 Å². The van der Waals surface area contributed by atoms with Crippen molar-refractivity contribution in [1.29, 1.82) is 0 Å². The summed E-state index contributed by atoms with van der Waals surface area (Å²) in [6.07, 6.45) is 6.14. The molecule has 0 radical (unpaired) electrons. The van der Waals surface area contributed by atoms with Crippen molar-refractivity contribution in [2.75, 3.05) is 0 Å². The molecular formula is C7H6N4O. The van der Waals surface area contributed by atoms with E-state index in [9.17, 15) is 4.79 Å². The normalized spacial score (nSPS) is 10.0. The van der Waals surface area contributed by atoms with E-state index in [0.717, 1.165) is 0 Å². The summed E-state index contributed by atoms with van der Waals surface area (Å²) < 4.78 is 1.25. The molecule has 2 aromatic rings. The summed E-state index contributed by atoms with van der Waals surface area (Å²) >= 11 is 0. The molecule has 0 aliphatic rings. The van der Waals surface area contributed by atoms with Gasteiger partial charge in [0.1, 0.15) is 0 Å². The molecule has 0 bridgehead atoms. The highest BCUT2D eigenvalue weighted by Gasteiger charge is 2.07. The van der Waals surface area contributed by atoms with E-state index >= 15 is 0 Å². The number of hydrogen-bond acceptors (Lipinski definition) is 3. The highest BCUT2D eigenvalue weighted by molar-refractivity contribution is 5.94. The van der Waals surface area contributed by atoms with Crippen LogP contribution in [0.4, 0.5) is 0 Å². The van der Waals surface area contributed by atoms with Crippen molar-refractivity contribution < 1.29 is 4.79 Å². The second-order valence-electron chi connectivity index (χ2n) is 2.24. The number of aromatic amines is 1. The summed E-state index contributed by atoms with van der Waals surface area (Å²) in [6.45, 7) is 0. The van der Waals surface area contributed by atoms with Gasteiger partial charge in [-0.25, -0.2) is 4.68 Å². The average Bonchev–Trinajstić information content (AvgIpc) is 2.77. The van der Waals surface area contributed by atoms with Crippen LogP contribution in [0.15, 0.2) is 30.9 Å². The SMILES string of the molecule is O=C(c1cn[nH]c1)n1cccn1. The fourth-order valence-corrected chi connectivity index (χ4v) is 0.889. The van der Waals surface area contributed by atoms with Crippen LogP contribution >= 0.6 is 0 Å². The standard InChI is InChI=1S/C7H6N4O/c12-7(6-4-8-9-5-6)11-3-1-2-10-11/h1-5H,(H,8,9). The fraction of sp³-hybridized carbons (Fsp3) is 0. The summed E-state index contributed by atoms with van der Waals surface area (Å²) in [5.74, 6) is -0.186. The van der Waals surface area contributed by atoms with Gasteiger partial charge in [-0.2, -0.15) is 10.2 Å². The molecule has 2 rings (SSSR count). The molecule has 2 aromatic heterocycles. The first-order valence-electron chi connectivity index (χ1n) is 3.41. The predicted molar refractivity (Wildman–Crippen MR) is 40.5 cm³/mol. The van der Waals surface area contributed by atoms with Crippen LogP contribution in [0, 0.1) is 0 Å². The number of aromatic nitrogens is 4. The molecule has 0 aliphatic carbocycles. The maximum absolute atomic E-state index is 11.4. The lowest BCUT2D eigenvalue weighted by molar-refractivity contribution is 0.0945. The van der Waals surface area contributed by atoms with E-state index in [1.165, 1.54) is 17.1 Å². The molecule has 0 saturated carbocycles. The largest absolute Gasteiger partial charge is 0.285 e. The lowest BCUT2D eigenvalue weighted by Gasteiger charge is -1.93. The molecule has 1 N–H and O–H groups in total. The Bertz CT molecular complexity index is 326. The van der Waals surface area contributed by atoms with Gasteiger partial charge >= 0.3 is 0 Å².